The summed E-state index contributed by atoms with van der Waals surface area (Å²) in [4.78, 5) is 11.6. The number of amides is 1. The van der Waals surface area contributed by atoms with Gasteiger partial charge in [-0.3, -0.25) is 4.79 Å². The fourth-order valence-corrected chi connectivity index (χ4v) is 1.37. The van der Waals surface area contributed by atoms with E-state index in [2.05, 4.69) is 36.7 Å². The van der Waals surface area contributed by atoms with E-state index in [1.165, 1.54) is 0 Å². The van der Waals surface area contributed by atoms with E-state index in [4.69, 9.17) is 0 Å². The second-order valence-electron chi connectivity index (χ2n) is 5.64. The van der Waals surface area contributed by atoms with Crippen molar-refractivity contribution in [3.63, 3.8) is 0 Å². The molecule has 16 heavy (non-hydrogen) atoms. The molecule has 0 aromatic carbocycles. The second-order valence-corrected chi connectivity index (χ2v) is 5.64. The molecule has 0 aromatic heterocycles. The van der Waals surface area contributed by atoms with Gasteiger partial charge < -0.3 is 16.0 Å². The van der Waals surface area contributed by atoms with Crippen molar-refractivity contribution < 1.29 is 4.79 Å². The minimum atomic E-state index is -0.0950. The average Bonchev–Trinajstić information content (AvgIpc) is 2.94. The van der Waals surface area contributed by atoms with Crippen LogP contribution in [0.4, 0.5) is 0 Å². The van der Waals surface area contributed by atoms with Gasteiger partial charge in [-0.2, -0.15) is 0 Å². The zero-order valence-corrected chi connectivity index (χ0v) is 10.9. The van der Waals surface area contributed by atoms with Crippen LogP contribution in [0.2, 0.25) is 0 Å². The van der Waals surface area contributed by atoms with Gasteiger partial charge in [0.25, 0.3) is 0 Å². The summed E-state index contributed by atoms with van der Waals surface area (Å²) in [5, 5.41) is 9.58. The molecule has 0 spiro atoms. The minimum Gasteiger partial charge on any atom is -0.352 e. The van der Waals surface area contributed by atoms with Crippen molar-refractivity contribution in [3.05, 3.63) is 0 Å². The SMILES string of the molecule is CC(NCCNC(C)(C)C)C(=O)NC1CC1. The standard InChI is InChI=1S/C12H25N3O/c1-9(11(16)15-10-5-6-10)13-7-8-14-12(2,3)4/h9-10,13-14H,5-8H2,1-4H3,(H,15,16). The van der Waals surface area contributed by atoms with Crippen molar-refractivity contribution in [3.8, 4) is 0 Å². The normalized spacial score (nSPS) is 18.2. The van der Waals surface area contributed by atoms with Gasteiger partial charge in [0.1, 0.15) is 0 Å². The predicted molar refractivity (Wildman–Crippen MR) is 66.4 cm³/mol. The zero-order chi connectivity index (χ0) is 12.2. The quantitative estimate of drug-likeness (QED) is 0.583. The van der Waals surface area contributed by atoms with E-state index in [1.54, 1.807) is 0 Å². The maximum absolute atomic E-state index is 11.6. The Kier molecular flexibility index (Phi) is 4.74. The van der Waals surface area contributed by atoms with Crippen LogP contribution in [0.5, 0.6) is 0 Å². The van der Waals surface area contributed by atoms with Gasteiger partial charge in [-0.05, 0) is 40.5 Å². The van der Waals surface area contributed by atoms with Gasteiger partial charge in [0.15, 0.2) is 0 Å². The highest BCUT2D eigenvalue weighted by atomic mass is 16.2. The third-order valence-corrected chi connectivity index (χ3v) is 2.55. The van der Waals surface area contributed by atoms with Crippen LogP contribution in [0.25, 0.3) is 0 Å². The van der Waals surface area contributed by atoms with Crippen molar-refractivity contribution in [1.82, 2.24) is 16.0 Å². The van der Waals surface area contributed by atoms with Gasteiger partial charge in [-0.15, -0.1) is 0 Å². The first-order valence-corrected chi connectivity index (χ1v) is 6.17. The molecule has 4 heteroatoms. The summed E-state index contributed by atoms with van der Waals surface area (Å²) < 4.78 is 0. The molecule has 3 N–H and O–H groups in total. The molecule has 0 saturated heterocycles. The highest BCUT2D eigenvalue weighted by Crippen LogP contribution is 2.18. The van der Waals surface area contributed by atoms with Crippen molar-refractivity contribution in [2.75, 3.05) is 13.1 Å². The topological polar surface area (TPSA) is 53.2 Å². The molecule has 4 nitrogen and oxygen atoms in total. The van der Waals surface area contributed by atoms with Gasteiger partial charge in [0.05, 0.1) is 6.04 Å². The molecular weight excluding hydrogens is 202 g/mol. The monoisotopic (exact) mass is 227 g/mol. The van der Waals surface area contributed by atoms with E-state index in [-0.39, 0.29) is 17.5 Å². The van der Waals surface area contributed by atoms with Crippen molar-refractivity contribution in [2.45, 2.75) is 58.2 Å². The van der Waals surface area contributed by atoms with Gasteiger partial charge in [0, 0.05) is 24.7 Å². The number of carbonyl (C=O) groups is 1. The van der Waals surface area contributed by atoms with Gasteiger partial charge in [0.2, 0.25) is 5.91 Å². The molecule has 0 radical (unpaired) electrons. The molecule has 1 rings (SSSR count). The average molecular weight is 227 g/mol. The molecule has 1 aliphatic carbocycles. The van der Waals surface area contributed by atoms with E-state index in [9.17, 15) is 4.79 Å². The smallest absolute Gasteiger partial charge is 0.237 e. The van der Waals surface area contributed by atoms with Crippen LogP contribution in [0.1, 0.15) is 40.5 Å². The molecule has 0 aromatic rings. The van der Waals surface area contributed by atoms with Crippen LogP contribution in [-0.4, -0.2) is 36.6 Å². The van der Waals surface area contributed by atoms with E-state index < -0.39 is 0 Å². The largest absolute Gasteiger partial charge is 0.352 e. The lowest BCUT2D eigenvalue weighted by Crippen LogP contribution is -2.47. The highest BCUT2D eigenvalue weighted by Gasteiger charge is 2.25. The molecule has 1 fully saturated rings. The Labute approximate surface area is 98.6 Å². The van der Waals surface area contributed by atoms with E-state index in [0.717, 1.165) is 25.9 Å². The van der Waals surface area contributed by atoms with Crippen LogP contribution in [0.15, 0.2) is 0 Å². The van der Waals surface area contributed by atoms with Crippen LogP contribution in [0.3, 0.4) is 0 Å². The summed E-state index contributed by atoms with van der Waals surface area (Å²) in [6, 6.07) is 0.354. The first kappa shape index (κ1) is 13.5. The number of carbonyl (C=O) groups excluding carboxylic acids is 1. The van der Waals surface area contributed by atoms with Crippen molar-refractivity contribution in [2.24, 2.45) is 0 Å². The molecule has 1 unspecified atom stereocenters. The summed E-state index contributed by atoms with van der Waals surface area (Å²) in [7, 11) is 0. The first-order valence-electron chi connectivity index (χ1n) is 6.17. The van der Waals surface area contributed by atoms with Crippen LogP contribution < -0.4 is 16.0 Å². The fraction of sp³-hybridized carbons (Fsp3) is 0.917. The Morgan fingerprint density at radius 1 is 1.31 bits per heavy atom. The fourth-order valence-electron chi connectivity index (χ4n) is 1.37. The third kappa shape index (κ3) is 6.08. The molecule has 94 valence electrons. The number of nitrogens with one attached hydrogen (secondary N) is 3. The number of hydrogen-bond acceptors (Lipinski definition) is 3. The Morgan fingerprint density at radius 2 is 1.94 bits per heavy atom. The molecular formula is C12H25N3O. The van der Waals surface area contributed by atoms with Crippen molar-refractivity contribution in [1.29, 1.82) is 0 Å². The molecule has 0 heterocycles. The summed E-state index contributed by atoms with van der Waals surface area (Å²) >= 11 is 0. The number of hydrogen-bond donors (Lipinski definition) is 3. The Morgan fingerprint density at radius 3 is 2.44 bits per heavy atom. The van der Waals surface area contributed by atoms with Gasteiger partial charge in [-0.25, -0.2) is 0 Å². The Balaban J connectivity index is 2.04. The molecule has 1 aliphatic rings. The Hall–Kier alpha value is -0.610. The molecule has 0 bridgehead atoms. The van der Waals surface area contributed by atoms with Crippen LogP contribution in [0, 0.1) is 0 Å². The first-order chi connectivity index (χ1) is 7.38. The lowest BCUT2D eigenvalue weighted by molar-refractivity contribution is -0.122. The molecule has 0 aliphatic heterocycles. The van der Waals surface area contributed by atoms with Crippen molar-refractivity contribution >= 4 is 5.91 Å². The highest BCUT2D eigenvalue weighted by molar-refractivity contribution is 5.81. The lowest BCUT2D eigenvalue weighted by Gasteiger charge is -2.21. The lowest BCUT2D eigenvalue weighted by atomic mass is 10.1. The van der Waals surface area contributed by atoms with Gasteiger partial charge in [-0.1, -0.05) is 0 Å². The summed E-state index contributed by atoms with van der Waals surface area (Å²) in [6.07, 6.45) is 2.29. The second kappa shape index (κ2) is 5.64. The predicted octanol–water partition coefficient (Wildman–Crippen LogP) is 0.631. The third-order valence-electron chi connectivity index (χ3n) is 2.55. The summed E-state index contributed by atoms with van der Waals surface area (Å²) in [5.41, 5.74) is 0.140. The summed E-state index contributed by atoms with van der Waals surface area (Å²) in [5.74, 6) is 0.123. The Bertz CT molecular complexity index is 231. The van der Waals surface area contributed by atoms with E-state index in [0.29, 0.717) is 6.04 Å². The number of rotatable bonds is 6. The molecule has 1 atom stereocenters. The van der Waals surface area contributed by atoms with Crippen LogP contribution in [-0.2, 0) is 4.79 Å². The van der Waals surface area contributed by atoms with Gasteiger partial charge >= 0.3 is 0 Å². The maximum Gasteiger partial charge on any atom is 0.237 e. The van der Waals surface area contributed by atoms with E-state index >= 15 is 0 Å². The zero-order valence-electron chi connectivity index (χ0n) is 10.9. The van der Waals surface area contributed by atoms with Crippen LogP contribution >= 0.6 is 0 Å². The molecule has 1 saturated carbocycles. The maximum atomic E-state index is 11.6. The summed E-state index contributed by atoms with van der Waals surface area (Å²) in [6.45, 7) is 10.0. The molecule has 1 amide bonds. The van der Waals surface area contributed by atoms with E-state index in [1.807, 2.05) is 6.92 Å². The minimum absolute atomic E-state index is 0.0950.